The number of aromatic hydroxyl groups is 2. The zero-order valence-corrected chi connectivity index (χ0v) is 16.7. The van der Waals surface area contributed by atoms with Crippen LogP contribution in [0.4, 0.5) is 0 Å². The Morgan fingerprint density at radius 1 is 1.12 bits per heavy atom. The van der Waals surface area contributed by atoms with Gasteiger partial charge in [-0.05, 0) is 52.5 Å². The van der Waals surface area contributed by atoms with Crippen molar-refractivity contribution >= 4 is 17.6 Å². The maximum Gasteiger partial charge on any atom is 0.311 e. The number of halogens is 1. The number of rotatable bonds is 8. The Kier molecular flexibility index (Phi) is 8.23. The van der Waals surface area contributed by atoms with E-state index in [1.165, 1.54) is 0 Å². The molecule has 0 radical (unpaired) electrons. The molecular formula is C20H28ClNO4. The third-order valence-corrected chi connectivity index (χ3v) is 4.71. The first kappa shape index (κ1) is 22.1. The van der Waals surface area contributed by atoms with Crippen molar-refractivity contribution in [3.63, 3.8) is 0 Å². The molecule has 0 aliphatic rings. The summed E-state index contributed by atoms with van der Waals surface area (Å²) in [6.45, 7) is 7.51. The summed E-state index contributed by atoms with van der Waals surface area (Å²) in [5.74, 6) is -0.510. The van der Waals surface area contributed by atoms with Gasteiger partial charge in [-0.2, -0.15) is 5.26 Å². The first-order valence-electron chi connectivity index (χ1n) is 8.91. The Morgan fingerprint density at radius 3 is 2.27 bits per heavy atom. The standard InChI is InChI=1S/C20H28ClNO4/c1-13-15(12-22)17(23)14(18(24)16(13)21)10-8-6-5-7-9-11-26-19(25)20(2,3)4/h23-24H,5-11H2,1-4H3. The molecule has 0 unspecified atom stereocenters. The number of nitrogens with zero attached hydrogens (tertiary/aromatic N) is 1. The van der Waals surface area contributed by atoms with Crippen LogP contribution >= 0.6 is 11.6 Å². The van der Waals surface area contributed by atoms with Crippen molar-refractivity contribution in [3.8, 4) is 17.6 Å². The molecule has 0 heterocycles. The van der Waals surface area contributed by atoms with Crippen molar-refractivity contribution in [2.24, 2.45) is 5.41 Å². The molecule has 2 N–H and O–H groups in total. The number of hydrogen-bond acceptors (Lipinski definition) is 5. The highest BCUT2D eigenvalue weighted by molar-refractivity contribution is 6.33. The summed E-state index contributed by atoms with van der Waals surface area (Å²) < 4.78 is 5.21. The molecule has 26 heavy (non-hydrogen) atoms. The number of carbonyl (C=O) groups is 1. The van der Waals surface area contributed by atoms with Gasteiger partial charge in [-0.25, -0.2) is 0 Å². The van der Waals surface area contributed by atoms with Crippen molar-refractivity contribution in [2.45, 2.75) is 66.2 Å². The maximum atomic E-state index is 11.6. The lowest BCUT2D eigenvalue weighted by molar-refractivity contribution is -0.153. The number of carbonyl (C=O) groups excluding carboxylic acids is 1. The molecule has 0 fully saturated rings. The van der Waals surface area contributed by atoms with Crippen LogP contribution in [-0.2, 0) is 16.0 Å². The van der Waals surface area contributed by atoms with Crippen molar-refractivity contribution in [1.29, 1.82) is 5.26 Å². The second kappa shape index (κ2) is 9.68. The molecule has 0 spiro atoms. The van der Waals surface area contributed by atoms with Crippen LogP contribution < -0.4 is 0 Å². The van der Waals surface area contributed by atoms with Crippen LogP contribution in [0.15, 0.2) is 0 Å². The SMILES string of the molecule is Cc1c(Cl)c(O)c(CCCCCCCOC(=O)C(C)(C)C)c(O)c1C#N. The highest BCUT2D eigenvalue weighted by Gasteiger charge is 2.22. The molecule has 0 amide bonds. The van der Waals surface area contributed by atoms with Crippen LogP contribution in [0.5, 0.6) is 11.5 Å². The number of phenolic OH excluding ortho intramolecular Hbond substituents is 2. The summed E-state index contributed by atoms with van der Waals surface area (Å²) in [7, 11) is 0. The molecule has 144 valence electrons. The summed E-state index contributed by atoms with van der Waals surface area (Å²) >= 11 is 6.04. The first-order valence-corrected chi connectivity index (χ1v) is 9.29. The molecule has 1 rings (SSSR count). The fraction of sp³-hybridized carbons (Fsp3) is 0.600. The summed E-state index contributed by atoms with van der Waals surface area (Å²) in [5, 5.41) is 29.5. The smallest absolute Gasteiger partial charge is 0.311 e. The molecule has 6 heteroatoms. The van der Waals surface area contributed by atoms with Gasteiger partial charge in [0.2, 0.25) is 0 Å². The molecule has 5 nitrogen and oxygen atoms in total. The minimum Gasteiger partial charge on any atom is -0.506 e. The Bertz CT molecular complexity index is 687. The van der Waals surface area contributed by atoms with E-state index in [1.807, 2.05) is 26.8 Å². The van der Waals surface area contributed by atoms with Gasteiger partial charge in [0.15, 0.2) is 0 Å². The van der Waals surface area contributed by atoms with Crippen molar-refractivity contribution < 1.29 is 19.7 Å². The summed E-state index contributed by atoms with van der Waals surface area (Å²) in [6, 6.07) is 1.93. The molecule has 0 saturated carbocycles. The molecule has 0 aliphatic heterocycles. The second-order valence-corrected chi connectivity index (χ2v) is 7.88. The van der Waals surface area contributed by atoms with Crippen LogP contribution in [0.2, 0.25) is 5.02 Å². The lowest BCUT2D eigenvalue weighted by Crippen LogP contribution is -2.23. The normalized spacial score (nSPS) is 11.2. The van der Waals surface area contributed by atoms with Gasteiger partial charge in [-0.3, -0.25) is 4.79 Å². The third-order valence-electron chi connectivity index (χ3n) is 4.25. The van der Waals surface area contributed by atoms with E-state index < -0.39 is 5.41 Å². The number of benzene rings is 1. The zero-order chi connectivity index (χ0) is 19.9. The van der Waals surface area contributed by atoms with Gasteiger partial charge in [0.1, 0.15) is 17.6 Å². The summed E-state index contributed by atoms with van der Waals surface area (Å²) in [5.41, 5.74) is 0.360. The zero-order valence-electron chi connectivity index (χ0n) is 16.0. The quantitative estimate of drug-likeness (QED) is 0.487. The molecule has 0 saturated heterocycles. The van der Waals surface area contributed by atoms with E-state index in [0.717, 1.165) is 32.1 Å². The molecule has 0 bridgehead atoms. The third kappa shape index (κ3) is 5.81. The number of ether oxygens (including phenoxy) is 1. The van der Waals surface area contributed by atoms with E-state index in [-0.39, 0.29) is 28.1 Å². The van der Waals surface area contributed by atoms with Crippen LogP contribution in [0.25, 0.3) is 0 Å². The van der Waals surface area contributed by atoms with Gasteiger partial charge in [-0.1, -0.05) is 30.9 Å². The minimum absolute atomic E-state index is 0.114. The molecule has 0 aromatic heterocycles. The van der Waals surface area contributed by atoms with Crippen molar-refractivity contribution in [1.82, 2.24) is 0 Å². The number of esters is 1. The topological polar surface area (TPSA) is 90.6 Å². The first-order chi connectivity index (χ1) is 12.1. The van der Waals surface area contributed by atoms with Crippen LogP contribution in [0, 0.1) is 23.7 Å². The number of hydrogen-bond donors (Lipinski definition) is 2. The molecule has 0 atom stereocenters. The van der Waals surface area contributed by atoms with Gasteiger partial charge in [0.25, 0.3) is 0 Å². The number of nitriles is 1. The lowest BCUT2D eigenvalue weighted by Gasteiger charge is -2.16. The fourth-order valence-electron chi connectivity index (χ4n) is 2.55. The van der Waals surface area contributed by atoms with Gasteiger partial charge < -0.3 is 14.9 Å². The largest absolute Gasteiger partial charge is 0.506 e. The van der Waals surface area contributed by atoms with Crippen molar-refractivity contribution in [3.05, 3.63) is 21.7 Å². The average molecular weight is 382 g/mol. The number of phenols is 2. The van der Waals surface area contributed by atoms with E-state index in [1.54, 1.807) is 6.92 Å². The van der Waals surface area contributed by atoms with Crippen LogP contribution in [-0.4, -0.2) is 22.8 Å². The number of unbranched alkanes of at least 4 members (excludes halogenated alkanes) is 4. The van der Waals surface area contributed by atoms with E-state index in [0.29, 0.717) is 24.2 Å². The van der Waals surface area contributed by atoms with Gasteiger partial charge in [-0.15, -0.1) is 0 Å². The Balaban J connectivity index is 2.39. The van der Waals surface area contributed by atoms with E-state index in [4.69, 9.17) is 21.6 Å². The van der Waals surface area contributed by atoms with Gasteiger partial charge >= 0.3 is 5.97 Å². The highest BCUT2D eigenvalue weighted by atomic mass is 35.5. The Labute approximate surface area is 160 Å². The highest BCUT2D eigenvalue weighted by Crippen LogP contribution is 2.41. The fourth-order valence-corrected chi connectivity index (χ4v) is 2.76. The monoisotopic (exact) mass is 381 g/mol. The Morgan fingerprint density at radius 2 is 1.69 bits per heavy atom. The lowest BCUT2D eigenvalue weighted by atomic mass is 9.97. The summed E-state index contributed by atoms with van der Waals surface area (Å²) in [4.78, 5) is 11.6. The Hall–Kier alpha value is -1.93. The predicted octanol–water partition coefficient (Wildman–Crippen LogP) is 5.01. The molecule has 0 aliphatic carbocycles. The average Bonchev–Trinajstić information content (AvgIpc) is 2.57. The predicted molar refractivity (Wildman–Crippen MR) is 101 cm³/mol. The molecule has 1 aromatic rings. The van der Waals surface area contributed by atoms with Crippen LogP contribution in [0.3, 0.4) is 0 Å². The van der Waals surface area contributed by atoms with E-state index in [2.05, 4.69) is 0 Å². The maximum absolute atomic E-state index is 11.6. The van der Waals surface area contributed by atoms with Crippen molar-refractivity contribution in [2.75, 3.05) is 6.61 Å². The molecular weight excluding hydrogens is 354 g/mol. The van der Waals surface area contributed by atoms with E-state index >= 15 is 0 Å². The van der Waals surface area contributed by atoms with Gasteiger partial charge in [0, 0.05) is 5.56 Å². The van der Waals surface area contributed by atoms with Crippen LogP contribution in [0.1, 0.15) is 69.6 Å². The van der Waals surface area contributed by atoms with E-state index in [9.17, 15) is 15.0 Å². The summed E-state index contributed by atoms with van der Waals surface area (Å²) in [6.07, 6.45) is 4.82. The van der Waals surface area contributed by atoms with Gasteiger partial charge in [0.05, 0.1) is 22.6 Å². The molecule has 1 aromatic carbocycles. The second-order valence-electron chi connectivity index (χ2n) is 7.51. The minimum atomic E-state index is -0.471.